The third-order valence-corrected chi connectivity index (χ3v) is 4.65. The lowest BCUT2D eigenvalue weighted by Gasteiger charge is -2.31. The molecule has 84 valence electrons. The Morgan fingerprint density at radius 2 is 1.80 bits per heavy atom. The number of Topliss-reactive ketones (excluding diaryl/α,β-unsaturated/α-hetero) is 1. The van der Waals surface area contributed by atoms with Gasteiger partial charge in [0.05, 0.1) is 15.2 Å². The molecule has 1 rings (SSSR count). The Labute approximate surface area is 93.0 Å². The van der Waals surface area contributed by atoms with Crippen LogP contribution in [0.4, 0.5) is 0 Å². The number of rotatable bonds is 2. The fourth-order valence-corrected chi connectivity index (χ4v) is 3.27. The van der Waals surface area contributed by atoms with E-state index in [2.05, 4.69) is 19.6 Å². The van der Waals surface area contributed by atoms with Gasteiger partial charge in [-0.1, -0.05) is 19.6 Å². The van der Waals surface area contributed by atoms with Gasteiger partial charge < -0.3 is 4.74 Å². The van der Waals surface area contributed by atoms with Crippen LogP contribution in [0.2, 0.25) is 19.6 Å². The molecule has 0 fully saturated rings. The van der Waals surface area contributed by atoms with Gasteiger partial charge in [-0.15, -0.1) is 0 Å². The van der Waals surface area contributed by atoms with Crippen molar-refractivity contribution in [2.45, 2.75) is 33.5 Å². The molecule has 0 bridgehead atoms. The fraction of sp³-hybridized carbons (Fsp3) is 0.583. The molecule has 0 heterocycles. The van der Waals surface area contributed by atoms with Gasteiger partial charge in [0.1, 0.15) is 5.76 Å². The van der Waals surface area contributed by atoms with Gasteiger partial charge in [-0.25, -0.2) is 0 Å². The fourth-order valence-electron chi connectivity index (χ4n) is 1.69. The summed E-state index contributed by atoms with van der Waals surface area (Å²) in [5, 5.41) is 0.979. The first-order valence-electron chi connectivity index (χ1n) is 5.22. The molecule has 0 atom stereocenters. The van der Waals surface area contributed by atoms with Gasteiger partial charge in [0.2, 0.25) is 0 Å². The van der Waals surface area contributed by atoms with Gasteiger partial charge in [0.25, 0.3) is 0 Å². The van der Waals surface area contributed by atoms with E-state index < -0.39 is 13.5 Å². The average molecular weight is 224 g/mol. The number of carbonyl (C=O) groups excluding carboxylic acids is 1. The highest BCUT2D eigenvalue weighted by molar-refractivity contribution is 6.87. The standard InChI is InChI=1S/C12H20O2Si/c1-12(2)8-9(14-3)7-10(11(12)13)15(4,5)6/h7-8H,1-6H3. The molecule has 0 amide bonds. The van der Waals surface area contributed by atoms with Gasteiger partial charge in [-0.05, 0) is 31.2 Å². The van der Waals surface area contributed by atoms with Crippen molar-refractivity contribution in [3.05, 3.63) is 23.1 Å². The number of ether oxygens (including phenoxy) is 1. The molecular weight excluding hydrogens is 204 g/mol. The van der Waals surface area contributed by atoms with Crippen LogP contribution in [0.15, 0.2) is 23.1 Å². The van der Waals surface area contributed by atoms with Crippen LogP contribution in [0.5, 0.6) is 0 Å². The summed E-state index contributed by atoms with van der Waals surface area (Å²) < 4.78 is 5.26. The molecule has 15 heavy (non-hydrogen) atoms. The van der Waals surface area contributed by atoms with Crippen molar-refractivity contribution in [3.63, 3.8) is 0 Å². The molecule has 0 saturated heterocycles. The van der Waals surface area contributed by atoms with Crippen molar-refractivity contribution in [1.82, 2.24) is 0 Å². The van der Waals surface area contributed by atoms with E-state index in [-0.39, 0.29) is 5.78 Å². The van der Waals surface area contributed by atoms with Gasteiger partial charge >= 0.3 is 0 Å². The summed E-state index contributed by atoms with van der Waals surface area (Å²) in [4.78, 5) is 12.2. The van der Waals surface area contributed by atoms with Crippen LogP contribution < -0.4 is 0 Å². The molecule has 0 aromatic carbocycles. The van der Waals surface area contributed by atoms with Crippen LogP contribution in [-0.2, 0) is 9.53 Å². The summed E-state index contributed by atoms with van der Waals surface area (Å²) in [6.07, 6.45) is 3.82. The molecule has 0 aliphatic heterocycles. The molecule has 1 aliphatic carbocycles. The lowest BCUT2D eigenvalue weighted by molar-refractivity contribution is -0.120. The maximum atomic E-state index is 12.2. The monoisotopic (exact) mass is 224 g/mol. The van der Waals surface area contributed by atoms with E-state index in [1.54, 1.807) is 7.11 Å². The van der Waals surface area contributed by atoms with Gasteiger partial charge in [0, 0.05) is 5.41 Å². The van der Waals surface area contributed by atoms with E-state index in [0.717, 1.165) is 11.0 Å². The third-order valence-electron chi connectivity index (χ3n) is 2.66. The molecule has 0 spiro atoms. The van der Waals surface area contributed by atoms with Crippen molar-refractivity contribution in [2.75, 3.05) is 7.11 Å². The second-order valence-corrected chi connectivity index (χ2v) is 10.6. The molecule has 0 saturated carbocycles. The van der Waals surface area contributed by atoms with Crippen LogP contribution in [-0.4, -0.2) is 21.0 Å². The summed E-state index contributed by atoms with van der Waals surface area (Å²) in [7, 11) is 0.0733. The Morgan fingerprint density at radius 3 is 2.20 bits per heavy atom. The minimum absolute atomic E-state index is 0.252. The van der Waals surface area contributed by atoms with Crippen LogP contribution in [0.25, 0.3) is 0 Å². The van der Waals surface area contributed by atoms with E-state index in [9.17, 15) is 4.79 Å². The summed E-state index contributed by atoms with van der Waals surface area (Å²) >= 11 is 0. The largest absolute Gasteiger partial charge is 0.497 e. The number of hydrogen-bond donors (Lipinski definition) is 0. The normalized spacial score (nSPS) is 20.8. The van der Waals surface area contributed by atoms with Crippen LogP contribution >= 0.6 is 0 Å². The number of carbonyl (C=O) groups is 1. The molecule has 3 heteroatoms. The smallest absolute Gasteiger partial charge is 0.164 e. The zero-order chi connectivity index (χ0) is 11.9. The quantitative estimate of drug-likeness (QED) is 0.674. The molecule has 0 aromatic heterocycles. The SMILES string of the molecule is COC1=CC(C)(C)C(=O)C([Si](C)(C)C)=C1. The van der Waals surface area contributed by atoms with Crippen LogP contribution in [0, 0.1) is 5.41 Å². The first-order valence-corrected chi connectivity index (χ1v) is 8.72. The maximum absolute atomic E-state index is 12.2. The van der Waals surface area contributed by atoms with Crippen LogP contribution in [0.3, 0.4) is 0 Å². The number of methoxy groups -OCH3 is 1. The zero-order valence-electron chi connectivity index (χ0n) is 10.5. The highest BCUT2D eigenvalue weighted by Gasteiger charge is 2.37. The first kappa shape index (κ1) is 12.2. The second kappa shape index (κ2) is 3.63. The minimum Gasteiger partial charge on any atom is -0.497 e. The zero-order valence-corrected chi connectivity index (χ0v) is 11.5. The van der Waals surface area contributed by atoms with E-state index in [1.807, 2.05) is 26.0 Å². The van der Waals surface area contributed by atoms with Crippen molar-refractivity contribution in [2.24, 2.45) is 5.41 Å². The van der Waals surface area contributed by atoms with Crippen molar-refractivity contribution in [3.8, 4) is 0 Å². The van der Waals surface area contributed by atoms with E-state index in [1.165, 1.54) is 0 Å². The van der Waals surface area contributed by atoms with Gasteiger partial charge in [-0.2, -0.15) is 0 Å². The predicted molar refractivity (Wildman–Crippen MR) is 65.3 cm³/mol. The summed E-state index contributed by atoms with van der Waals surface area (Å²) in [6, 6.07) is 0. The Bertz CT molecular complexity index is 343. The summed E-state index contributed by atoms with van der Waals surface area (Å²) in [5.74, 6) is 1.07. The molecule has 0 unspecified atom stereocenters. The van der Waals surface area contributed by atoms with E-state index >= 15 is 0 Å². The lowest BCUT2D eigenvalue weighted by atomic mass is 9.84. The Balaban J connectivity index is 3.23. The van der Waals surface area contributed by atoms with Gasteiger partial charge in [0.15, 0.2) is 5.78 Å². The van der Waals surface area contributed by atoms with E-state index in [4.69, 9.17) is 4.74 Å². The Kier molecular flexibility index (Phi) is 2.96. The predicted octanol–water partition coefficient (Wildman–Crippen LogP) is 2.93. The number of ketones is 1. The second-order valence-electron chi connectivity index (χ2n) is 5.61. The van der Waals surface area contributed by atoms with Crippen molar-refractivity contribution in [1.29, 1.82) is 0 Å². The summed E-state index contributed by atoms with van der Waals surface area (Å²) in [5.41, 5.74) is -0.421. The Hall–Kier alpha value is -0.833. The molecule has 2 nitrogen and oxygen atoms in total. The lowest BCUT2D eigenvalue weighted by Crippen LogP contribution is -2.38. The highest BCUT2D eigenvalue weighted by Crippen LogP contribution is 2.34. The minimum atomic E-state index is -1.58. The molecule has 0 N–H and O–H groups in total. The third kappa shape index (κ3) is 2.40. The Morgan fingerprint density at radius 1 is 1.27 bits per heavy atom. The summed E-state index contributed by atoms with van der Waals surface area (Å²) in [6.45, 7) is 10.4. The first-order chi connectivity index (χ1) is 6.68. The van der Waals surface area contributed by atoms with Crippen molar-refractivity contribution < 1.29 is 9.53 Å². The molecule has 0 radical (unpaired) electrons. The topological polar surface area (TPSA) is 26.3 Å². The highest BCUT2D eigenvalue weighted by atomic mass is 28.3. The average Bonchev–Trinajstić information content (AvgIpc) is 2.07. The van der Waals surface area contributed by atoms with Crippen molar-refractivity contribution >= 4 is 13.9 Å². The molecule has 1 aliphatic rings. The maximum Gasteiger partial charge on any atom is 0.164 e. The molecular formula is C12H20O2Si. The van der Waals surface area contributed by atoms with Crippen LogP contribution in [0.1, 0.15) is 13.8 Å². The van der Waals surface area contributed by atoms with Gasteiger partial charge in [-0.3, -0.25) is 4.79 Å². The number of hydrogen-bond acceptors (Lipinski definition) is 2. The number of allylic oxidation sites excluding steroid dienone is 3. The van der Waals surface area contributed by atoms with E-state index in [0.29, 0.717) is 0 Å². The molecule has 0 aromatic rings.